The van der Waals surface area contributed by atoms with Gasteiger partial charge in [0.25, 0.3) is 0 Å². The van der Waals surface area contributed by atoms with Crippen LogP contribution in [0.15, 0.2) is 24.7 Å². The first-order valence-corrected chi connectivity index (χ1v) is 7.27. The number of hydrogen-bond donors (Lipinski definition) is 1. The average molecular weight is 308 g/mol. The fourth-order valence-corrected chi connectivity index (χ4v) is 2.98. The summed E-state index contributed by atoms with van der Waals surface area (Å²) < 4.78 is 12.8. The molecule has 6 heteroatoms. The van der Waals surface area contributed by atoms with E-state index >= 15 is 0 Å². The maximum absolute atomic E-state index is 6.17. The fourth-order valence-electron chi connectivity index (χ4n) is 2.75. The molecule has 0 amide bonds. The Morgan fingerprint density at radius 3 is 2.76 bits per heavy atom. The second-order valence-electron chi connectivity index (χ2n) is 5.04. The Labute approximate surface area is 128 Å². The first-order chi connectivity index (χ1) is 10.2. The Morgan fingerprint density at radius 2 is 2.10 bits per heavy atom. The molecular formula is C15H18ClN3O2. The Bertz CT molecular complexity index is 636. The molecule has 0 spiro atoms. The first-order valence-electron chi connectivity index (χ1n) is 6.89. The topological polar surface area (TPSA) is 48.3 Å². The van der Waals surface area contributed by atoms with Gasteiger partial charge in [-0.05, 0) is 13.0 Å². The third-order valence-electron chi connectivity index (χ3n) is 3.86. The molecule has 1 aliphatic heterocycles. The zero-order valence-electron chi connectivity index (χ0n) is 12.1. The highest BCUT2D eigenvalue weighted by atomic mass is 35.5. The summed E-state index contributed by atoms with van der Waals surface area (Å²) in [5.41, 5.74) is 2.06. The predicted molar refractivity (Wildman–Crippen MR) is 81.9 cm³/mol. The van der Waals surface area contributed by atoms with Crippen molar-refractivity contribution in [2.45, 2.75) is 12.3 Å². The van der Waals surface area contributed by atoms with Crippen LogP contribution in [0.1, 0.15) is 18.0 Å². The van der Waals surface area contributed by atoms with E-state index in [1.165, 1.54) is 5.69 Å². The number of ether oxygens (including phenoxy) is 2. The van der Waals surface area contributed by atoms with E-state index in [0.29, 0.717) is 22.4 Å². The number of rotatable bonds is 4. The van der Waals surface area contributed by atoms with Crippen molar-refractivity contribution in [1.29, 1.82) is 0 Å². The van der Waals surface area contributed by atoms with E-state index in [-0.39, 0.29) is 0 Å². The molecule has 0 radical (unpaired) electrons. The Balaban J connectivity index is 2.09. The smallest absolute Gasteiger partial charge is 0.144 e. The lowest BCUT2D eigenvalue weighted by molar-refractivity contribution is 0.401. The van der Waals surface area contributed by atoms with Gasteiger partial charge in [-0.15, -0.1) is 0 Å². The molecule has 0 saturated carbocycles. The van der Waals surface area contributed by atoms with Gasteiger partial charge in [0.15, 0.2) is 0 Å². The van der Waals surface area contributed by atoms with Crippen LogP contribution in [0.5, 0.6) is 11.5 Å². The summed E-state index contributed by atoms with van der Waals surface area (Å²) in [6, 6.07) is 3.65. The summed E-state index contributed by atoms with van der Waals surface area (Å²) in [7, 11) is 3.24. The molecule has 2 heterocycles. The van der Waals surface area contributed by atoms with Gasteiger partial charge in [0.2, 0.25) is 0 Å². The second kappa shape index (κ2) is 5.95. The third-order valence-corrected chi connectivity index (χ3v) is 4.15. The van der Waals surface area contributed by atoms with Gasteiger partial charge in [0.05, 0.1) is 31.3 Å². The molecule has 1 unspecified atom stereocenters. The van der Waals surface area contributed by atoms with Crippen LogP contribution in [-0.4, -0.2) is 36.9 Å². The molecule has 1 aromatic heterocycles. The Kier molecular flexibility index (Phi) is 4.03. The van der Waals surface area contributed by atoms with Crippen LogP contribution in [-0.2, 0) is 0 Å². The van der Waals surface area contributed by atoms with E-state index < -0.39 is 0 Å². The van der Waals surface area contributed by atoms with E-state index in [1.54, 1.807) is 26.6 Å². The maximum Gasteiger partial charge on any atom is 0.144 e. The van der Waals surface area contributed by atoms with E-state index in [4.69, 9.17) is 21.1 Å². The molecule has 0 aliphatic carbocycles. The van der Waals surface area contributed by atoms with Gasteiger partial charge >= 0.3 is 0 Å². The van der Waals surface area contributed by atoms with Crippen molar-refractivity contribution in [2.75, 3.05) is 27.3 Å². The van der Waals surface area contributed by atoms with Gasteiger partial charge < -0.3 is 14.8 Å². The van der Waals surface area contributed by atoms with E-state index in [2.05, 4.69) is 14.9 Å². The Morgan fingerprint density at radius 1 is 1.29 bits per heavy atom. The number of imidazole rings is 1. The number of hydrogen-bond acceptors (Lipinski definition) is 4. The summed E-state index contributed by atoms with van der Waals surface area (Å²) in [5, 5.41) is 3.91. The van der Waals surface area contributed by atoms with Crippen molar-refractivity contribution in [3.63, 3.8) is 0 Å². The van der Waals surface area contributed by atoms with Crippen molar-refractivity contribution in [2.24, 2.45) is 0 Å². The maximum atomic E-state index is 6.17. The summed E-state index contributed by atoms with van der Waals surface area (Å²) in [5.74, 6) is 1.78. The van der Waals surface area contributed by atoms with Gasteiger partial charge in [-0.25, -0.2) is 4.98 Å². The molecule has 1 fully saturated rings. The SMILES string of the molecule is COc1cc(-n2cncc2C2CCNC2)c(OC)cc1Cl. The van der Waals surface area contributed by atoms with Crippen molar-refractivity contribution < 1.29 is 9.47 Å². The predicted octanol–water partition coefficient (Wildman–Crippen LogP) is 2.62. The molecule has 1 atom stereocenters. The third kappa shape index (κ3) is 2.59. The molecule has 21 heavy (non-hydrogen) atoms. The number of halogens is 1. The quantitative estimate of drug-likeness (QED) is 0.943. The van der Waals surface area contributed by atoms with Gasteiger partial charge in [-0.2, -0.15) is 0 Å². The van der Waals surface area contributed by atoms with Crippen LogP contribution in [0, 0.1) is 0 Å². The van der Waals surface area contributed by atoms with Crippen molar-refractivity contribution in [3.05, 3.63) is 35.4 Å². The van der Waals surface area contributed by atoms with Gasteiger partial charge in [-0.1, -0.05) is 11.6 Å². The fraction of sp³-hybridized carbons (Fsp3) is 0.400. The van der Waals surface area contributed by atoms with Crippen LogP contribution in [0.4, 0.5) is 0 Å². The second-order valence-corrected chi connectivity index (χ2v) is 5.44. The lowest BCUT2D eigenvalue weighted by Gasteiger charge is -2.17. The first kappa shape index (κ1) is 14.2. The summed E-state index contributed by atoms with van der Waals surface area (Å²) in [6.07, 6.45) is 4.83. The van der Waals surface area contributed by atoms with Crippen LogP contribution in [0.2, 0.25) is 5.02 Å². The summed E-state index contributed by atoms with van der Waals surface area (Å²) in [6.45, 7) is 2.01. The summed E-state index contributed by atoms with van der Waals surface area (Å²) in [4.78, 5) is 4.30. The molecule has 1 aliphatic rings. The molecule has 5 nitrogen and oxygen atoms in total. The van der Waals surface area contributed by atoms with E-state index in [1.807, 2.05) is 12.3 Å². The number of aromatic nitrogens is 2. The highest BCUT2D eigenvalue weighted by Gasteiger charge is 2.22. The van der Waals surface area contributed by atoms with Gasteiger partial charge in [0.1, 0.15) is 11.5 Å². The standard InChI is InChI=1S/C15H18ClN3O2/c1-20-14-6-12(15(21-2)5-11(14)16)19-9-18-8-13(19)10-3-4-17-7-10/h5-6,8-10,17H,3-4,7H2,1-2H3. The molecule has 2 aromatic rings. The zero-order valence-corrected chi connectivity index (χ0v) is 12.9. The van der Waals surface area contributed by atoms with Crippen molar-refractivity contribution in [1.82, 2.24) is 14.9 Å². The summed E-state index contributed by atoms with van der Waals surface area (Å²) >= 11 is 6.17. The molecule has 3 rings (SSSR count). The normalized spacial score (nSPS) is 18.0. The largest absolute Gasteiger partial charge is 0.495 e. The average Bonchev–Trinajstić information content (AvgIpc) is 3.17. The van der Waals surface area contributed by atoms with E-state index in [0.717, 1.165) is 25.2 Å². The number of nitrogens with zero attached hydrogens (tertiary/aromatic N) is 2. The minimum Gasteiger partial charge on any atom is -0.495 e. The monoisotopic (exact) mass is 307 g/mol. The highest BCUT2D eigenvalue weighted by molar-refractivity contribution is 6.32. The molecule has 1 saturated heterocycles. The van der Waals surface area contributed by atoms with Crippen LogP contribution in [0.25, 0.3) is 5.69 Å². The number of nitrogens with one attached hydrogen (secondary N) is 1. The van der Waals surface area contributed by atoms with E-state index in [9.17, 15) is 0 Å². The number of benzene rings is 1. The van der Waals surface area contributed by atoms with Crippen LogP contribution in [0.3, 0.4) is 0 Å². The molecule has 0 bridgehead atoms. The lowest BCUT2D eigenvalue weighted by atomic mass is 10.1. The van der Waals surface area contributed by atoms with Crippen molar-refractivity contribution in [3.8, 4) is 17.2 Å². The van der Waals surface area contributed by atoms with Crippen LogP contribution >= 0.6 is 11.6 Å². The van der Waals surface area contributed by atoms with Gasteiger partial charge in [-0.3, -0.25) is 4.57 Å². The van der Waals surface area contributed by atoms with Crippen molar-refractivity contribution >= 4 is 11.6 Å². The zero-order chi connectivity index (χ0) is 14.8. The Hall–Kier alpha value is -1.72. The van der Waals surface area contributed by atoms with Gasteiger partial charge in [0, 0.05) is 36.5 Å². The van der Waals surface area contributed by atoms with Crippen LogP contribution < -0.4 is 14.8 Å². The number of methoxy groups -OCH3 is 2. The lowest BCUT2D eigenvalue weighted by Crippen LogP contribution is -2.11. The highest BCUT2D eigenvalue weighted by Crippen LogP contribution is 2.36. The minimum atomic E-state index is 0.457. The molecule has 1 N–H and O–H groups in total. The molecule has 1 aromatic carbocycles. The minimum absolute atomic E-state index is 0.457. The molecule has 112 valence electrons. The molecular weight excluding hydrogens is 290 g/mol.